The van der Waals surface area contributed by atoms with Crippen molar-refractivity contribution in [1.29, 1.82) is 0 Å². The van der Waals surface area contributed by atoms with Gasteiger partial charge in [0.2, 0.25) is 0 Å². The molecule has 162 valence electrons. The molecule has 1 saturated heterocycles. The molecule has 1 fully saturated rings. The quantitative estimate of drug-likeness (QED) is 0.598. The van der Waals surface area contributed by atoms with Crippen molar-refractivity contribution in [1.82, 2.24) is 15.5 Å². The molecule has 1 aliphatic rings. The van der Waals surface area contributed by atoms with Crippen LogP contribution in [0.2, 0.25) is 5.02 Å². The van der Waals surface area contributed by atoms with Crippen LogP contribution in [0.5, 0.6) is 0 Å². The van der Waals surface area contributed by atoms with Crippen LogP contribution < -0.4 is 15.1 Å². The molecule has 4 rings (SSSR count). The maximum Gasteiger partial charge on any atom is 0.251 e. The van der Waals surface area contributed by atoms with Gasteiger partial charge in [0.1, 0.15) is 0 Å². The highest BCUT2D eigenvalue weighted by molar-refractivity contribution is 6.30. The lowest BCUT2D eigenvalue weighted by Gasteiger charge is -2.32. The molecular weight excluding hydrogens is 410 g/mol. The monoisotopic (exact) mass is 437 g/mol. The number of hydrogen-bond acceptors (Lipinski definition) is 4. The Labute approximate surface area is 188 Å². The number of H-pyrrole nitrogens is 1. The maximum absolute atomic E-state index is 12.5. The van der Waals surface area contributed by atoms with Gasteiger partial charge < -0.3 is 15.1 Å². The highest BCUT2D eigenvalue weighted by atomic mass is 35.5. The molecule has 7 heteroatoms. The Morgan fingerprint density at radius 1 is 1.13 bits per heavy atom. The molecule has 0 bridgehead atoms. The fourth-order valence-electron chi connectivity index (χ4n) is 3.87. The van der Waals surface area contributed by atoms with E-state index in [2.05, 4.69) is 26.5 Å². The lowest BCUT2D eigenvalue weighted by molar-refractivity contribution is 0.0945. The average Bonchev–Trinajstić information content (AvgIpc) is 3.28. The largest absolute Gasteiger partial charge is 0.378 e. The fraction of sp³-hybridized carbons (Fsp3) is 0.333. The van der Waals surface area contributed by atoms with Crippen LogP contribution in [0.1, 0.15) is 23.2 Å². The summed E-state index contributed by atoms with van der Waals surface area (Å²) in [5.74, 6) is 1.44. The number of anilines is 2. The lowest BCUT2D eigenvalue weighted by atomic mass is 9.96. The summed E-state index contributed by atoms with van der Waals surface area (Å²) in [5, 5.41) is 11.4. The fourth-order valence-corrected chi connectivity index (χ4v) is 3.99. The predicted molar refractivity (Wildman–Crippen MR) is 127 cm³/mol. The summed E-state index contributed by atoms with van der Waals surface area (Å²) >= 11 is 5.98. The van der Waals surface area contributed by atoms with Gasteiger partial charge in [0.05, 0.1) is 5.69 Å². The van der Waals surface area contributed by atoms with Crippen LogP contribution >= 0.6 is 11.6 Å². The standard InChI is InChI=1S/C24H28ClN5O/c1-29(2)21-9-5-19(6-10-21)24(31)26-16-17-11-13-30(14-12-17)23-15-22(27-28-23)18-3-7-20(25)8-4-18/h3-10,15,17H,11-14,16H2,1-2H3,(H,26,31)(H,27,28). The van der Waals surface area contributed by atoms with E-state index in [1.165, 1.54) is 0 Å². The van der Waals surface area contributed by atoms with E-state index in [-0.39, 0.29) is 5.91 Å². The van der Waals surface area contributed by atoms with Crippen molar-refractivity contribution >= 4 is 29.0 Å². The number of benzene rings is 2. The Morgan fingerprint density at radius 3 is 2.45 bits per heavy atom. The first-order valence-corrected chi connectivity index (χ1v) is 11.0. The average molecular weight is 438 g/mol. The first kappa shape index (κ1) is 21.2. The smallest absolute Gasteiger partial charge is 0.251 e. The SMILES string of the molecule is CN(C)c1ccc(C(=O)NCC2CCN(c3cc(-c4ccc(Cl)cc4)[nH]n3)CC2)cc1. The van der Waals surface area contributed by atoms with Crippen LogP contribution in [0, 0.1) is 5.92 Å². The van der Waals surface area contributed by atoms with Gasteiger partial charge in [-0.2, -0.15) is 5.10 Å². The summed E-state index contributed by atoms with van der Waals surface area (Å²) in [6.45, 7) is 2.57. The van der Waals surface area contributed by atoms with E-state index in [4.69, 9.17) is 11.6 Å². The molecule has 0 spiro atoms. The molecule has 2 N–H and O–H groups in total. The number of rotatable bonds is 6. The van der Waals surface area contributed by atoms with Crippen LogP contribution in [-0.4, -0.2) is 49.8 Å². The highest BCUT2D eigenvalue weighted by Gasteiger charge is 2.22. The van der Waals surface area contributed by atoms with Gasteiger partial charge in [-0.25, -0.2) is 0 Å². The summed E-state index contributed by atoms with van der Waals surface area (Å²) in [6, 6.07) is 17.5. The van der Waals surface area contributed by atoms with E-state index < -0.39 is 0 Å². The van der Waals surface area contributed by atoms with Crippen LogP contribution in [0.3, 0.4) is 0 Å². The zero-order valence-electron chi connectivity index (χ0n) is 17.9. The number of halogens is 1. The number of aromatic amines is 1. The first-order valence-electron chi connectivity index (χ1n) is 10.6. The molecule has 0 unspecified atom stereocenters. The zero-order chi connectivity index (χ0) is 21.8. The summed E-state index contributed by atoms with van der Waals surface area (Å²) in [5.41, 5.74) is 3.84. The number of hydrogen-bond donors (Lipinski definition) is 2. The van der Waals surface area contributed by atoms with E-state index in [1.54, 1.807) is 0 Å². The van der Waals surface area contributed by atoms with Gasteiger partial charge in [0, 0.05) is 56.1 Å². The minimum absolute atomic E-state index is 0.00681. The van der Waals surface area contributed by atoms with Crippen molar-refractivity contribution in [3.63, 3.8) is 0 Å². The van der Waals surface area contributed by atoms with E-state index >= 15 is 0 Å². The second-order valence-electron chi connectivity index (χ2n) is 8.23. The van der Waals surface area contributed by atoms with Crippen LogP contribution in [-0.2, 0) is 0 Å². The number of aromatic nitrogens is 2. The zero-order valence-corrected chi connectivity index (χ0v) is 18.7. The first-order chi connectivity index (χ1) is 15.0. The van der Waals surface area contributed by atoms with Crippen molar-refractivity contribution in [2.45, 2.75) is 12.8 Å². The Hall–Kier alpha value is -2.99. The molecule has 0 radical (unpaired) electrons. The molecule has 1 aliphatic heterocycles. The molecule has 0 saturated carbocycles. The highest BCUT2D eigenvalue weighted by Crippen LogP contribution is 2.26. The van der Waals surface area contributed by atoms with Gasteiger partial charge in [-0.1, -0.05) is 23.7 Å². The third kappa shape index (κ3) is 5.20. The van der Waals surface area contributed by atoms with Gasteiger partial charge in [-0.15, -0.1) is 0 Å². The van der Waals surface area contributed by atoms with Crippen molar-refractivity contribution in [3.8, 4) is 11.3 Å². The third-order valence-corrected chi connectivity index (χ3v) is 6.11. The second-order valence-corrected chi connectivity index (χ2v) is 8.66. The Bertz CT molecular complexity index is 1010. The van der Waals surface area contributed by atoms with E-state index in [0.29, 0.717) is 18.0 Å². The topological polar surface area (TPSA) is 64.3 Å². The molecule has 2 aromatic carbocycles. The molecule has 2 heterocycles. The minimum atomic E-state index is -0.00681. The number of nitrogens with zero attached hydrogens (tertiary/aromatic N) is 3. The molecule has 6 nitrogen and oxygen atoms in total. The number of carbonyl (C=O) groups excluding carboxylic acids is 1. The number of nitrogens with one attached hydrogen (secondary N) is 2. The number of carbonyl (C=O) groups is 1. The van der Waals surface area contributed by atoms with Crippen molar-refractivity contribution < 1.29 is 4.79 Å². The Kier molecular flexibility index (Phi) is 6.47. The van der Waals surface area contributed by atoms with Gasteiger partial charge in [0.15, 0.2) is 5.82 Å². The molecular formula is C24H28ClN5O. The van der Waals surface area contributed by atoms with Gasteiger partial charge >= 0.3 is 0 Å². The van der Waals surface area contributed by atoms with E-state index in [9.17, 15) is 4.79 Å². The van der Waals surface area contributed by atoms with Crippen LogP contribution in [0.4, 0.5) is 11.5 Å². The Morgan fingerprint density at radius 2 is 1.81 bits per heavy atom. The summed E-state index contributed by atoms with van der Waals surface area (Å²) in [7, 11) is 3.98. The van der Waals surface area contributed by atoms with Crippen molar-refractivity contribution in [2.24, 2.45) is 5.92 Å². The summed E-state index contributed by atoms with van der Waals surface area (Å²) in [4.78, 5) is 16.8. The Balaban J connectivity index is 1.26. The van der Waals surface area contributed by atoms with Crippen LogP contribution in [0.25, 0.3) is 11.3 Å². The minimum Gasteiger partial charge on any atom is -0.378 e. The predicted octanol–water partition coefficient (Wildman–Crippen LogP) is 4.44. The van der Waals surface area contributed by atoms with Crippen LogP contribution in [0.15, 0.2) is 54.6 Å². The molecule has 1 amide bonds. The van der Waals surface area contributed by atoms with Gasteiger partial charge in [-0.05, 0) is 60.7 Å². The normalized spacial score (nSPS) is 14.5. The van der Waals surface area contributed by atoms with Crippen molar-refractivity contribution in [3.05, 3.63) is 65.2 Å². The van der Waals surface area contributed by atoms with Gasteiger partial charge in [-0.3, -0.25) is 9.89 Å². The molecule has 0 aliphatic carbocycles. The lowest BCUT2D eigenvalue weighted by Crippen LogP contribution is -2.38. The molecule has 0 atom stereocenters. The van der Waals surface area contributed by atoms with Gasteiger partial charge in [0.25, 0.3) is 5.91 Å². The molecule has 3 aromatic rings. The number of amides is 1. The third-order valence-electron chi connectivity index (χ3n) is 5.86. The number of piperidine rings is 1. The summed E-state index contributed by atoms with van der Waals surface area (Å²) in [6.07, 6.45) is 2.06. The maximum atomic E-state index is 12.5. The van der Waals surface area contributed by atoms with E-state index in [1.807, 2.05) is 67.5 Å². The molecule has 31 heavy (non-hydrogen) atoms. The second kappa shape index (κ2) is 9.43. The van der Waals surface area contributed by atoms with E-state index in [0.717, 1.165) is 53.7 Å². The van der Waals surface area contributed by atoms with Crippen molar-refractivity contribution in [2.75, 3.05) is 43.5 Å². The summed E-state index contributed by atoms with van der Waals surface area (Å²) < 4.78 is 0. The molecule has 1 aromatic heterocycles.